The fourth-order valence-corrected chi connectivity index (χ4v) is 1.18. The van der Waals surface area contributed by atoms with Gasteiger partial charge in [0.2, 0.25) is 0 Å². The third kappa shape index (κ3) is 3.92. The Hall–Kier alpha value is -1.06. The molecule has 1 rings (SSSR count). The molecule has 0 aliphatic carbocycles. The molecule has 4 heteroatoms. The number of rotatable bonds is 0. The van der Waals surface area contributed by atoms with Crippen molar-refractivity contribution in [1.82, 2.24) is 0 Å². The zero-order chi connectivity index (χ0) is 9.68. The highest BCUT2D eigenvalue weighted by Crippen LogP contribution is 2.07. The van der Waals surface area contributed by atoms with Crippen LogP contribution in [0.1, 0.15) is 32.6 Å². The van der Waals surface area contributed by atoms with E-state index in [-0.39, 0.29) is 30.9 Å². The molecule has 1 saturated heterocycles. The Morgan fingerprint density at radius 3 is 2.69 bits per heavy atom. The van der Waals surface area contributed by atoms with Gasteiger partial charge in [0.1, 0.15) is 0 Å². The summed E-state index contributed by atoms with van der Waals surface area (Å²) in [6.07, 6.45) is 1.69. The van der Waals surface area contributed by atoms with Gasteiger partial charge in [0, 0.05) is 0 Å². The lowest BCUT2D eigenvalue weighted by atomic mass is 10.2. The number of esters is 2. The van der Waals surface area contributed by atoms with Crippen molar-refractivity contribution in [2.45, 2.75) is 38.7 Å². The van der Waals surface area contributed by atoms with Crippen molar-refractivity contribution in [3.05, 3.63) is 0 Å². The topological polar surface area (TPSA) is 52.6 Å². The summed E-state index contributed by atoms with van der Waals surface area (Å²) < 4.78 is 9.90. The van der Waals surface area contributed by atoms with E-state index < -0.39 is 0 Å². The van der Waals surface area contributed by atoms with Gasteiger partial charge in [-0.1, -0.05) is 0 Å². The molecule has 4 nitrogen and oxygen atoms in total. The molecule has 0 spiro atoms. The minimum Gasteiger partial charge on any atom is -0.466 e. The Labute approximate surface area is 77.2 Å². The maximum atomic E-state index is 11.0. The first kappa shape index (κ1) is 10.0. The molecule has 1 fully saturated rings. The van der Waals surface area contributed by atoms with E-state index in [9.17, 15) is 9.59 Å². The van der Waals surface area contributed by atoms with Crippen molar-refractivity contribution in [1.29, 1.82) is 0 Å². The zero-order valence-corrected chi connectivity index (χ0v) is 7.75. The minimum absolute atomic E-state index is 0.0655. The fraction of sp³-hybridized carbons (Fsp3) is 0.778. The summed E-state index contributed by atoms with van der Waals surface area (Å²) in [6.45, 7) is 2.28. The first-order valence-electron chi connectivity index (χ1n) is 4.53. The molecule has 1 unspecified atom stereocenters. The number of cyclic esters (lactones) is 2. The Kier molecular flexibility index (Phi) is 3.73. The van der Waals surface area contributed by atoms with Crippen molar-refractivity contribution in [3.63, 3.8) is 0 Å². The molecular weight excluding hydrogens is 172 g/mol. The van der Waals surface area contributed by atoms with Gasteiger partial charge in [0.05, 0.1) is 25.6 Å². The van der Waals surface area contributed by atoms with Crippen LogP contribution in [0.3, 0.4) is 0 Å². The lowest BCUT2D eigenvalue weighted by Gasteiger charge is -2.15. The van der Waals surface area contributed by atoms with Crippen LogP contribution < -0.4 is 0 Å². The Bertz CT molecular complexity index is 200. The number of ether oxygens (including phenoxy) is 2. The summed E-state index contributed by atoms with van der Waals surface area (Å²) in [4.78, 5) is 21.9. The summed E-state index contributed by atoms with van der Waals surface area (Å²) in [5.74, 6) is -0.627. The molecule has 0 N–H and O–H groups in total. The fourth-order valence-electron chi connectivity index (χ4n) is 1.18. The van der Waals surface area contributed by atoms with E-state index >= 15 is 0 Å². The molecule has 1 atom stereocenters. The van der Waals surface area contributed by atoms with Gasteiger partial charge in [0.15, 0.2) is 0 Å². The van der Waals surface area contributed by atoms with Crippen LogP contribution in [0.5, 0.6) is 0 Å². The molecule has 1 aliphatic rings. The molecule has 0 aromatic rings. The lowest BCUT2D eigenvalue weighted by Crippen LogP contribution is -2.19. The molecule has 1 aliphatic heterocycles. The third-order valence-electron chi connectivity index (χ3n) is 1.88. The van der Waals surface area contributed by atoms with Crippen LogP contribution in [0.15, 0.2) is 0 Å². The Morgan fingerprint density at radius 1 is 1.23 bits per heavy atom. The van der Waals surface area contributed by atoms with E-state index in [4.69, 9.17) is 9.47 Å². The van der Waals surface area contributed by atoms with Crippen molar-refractivity contribution in [2.24, 2.45) is 0 Å². The molecular formula is C9H14O4. The van der Waals surface area contributed by atoms with Gasteiger partial charge in [-0.05, 0) is 19.8 Å². The van der Waals surface area contributed by atoms with E-state index in [1.165, 1.54) is 0 Å². The SMILES string of the molecule is CC1CCCOC(=O)CCC(=O)O1. The van der Waals surface area contributed by atoms with Gasteiger partial charge in [-0.3, -0.25) is 9.59 Å². The summed E-state index contributed by atoms with van der Waals surface area (Å²) >= 11 is 0. The third-order valence-corrected chi connectivity index (χ3v) is 1.88. The number of carbonyl (C=O) groups excluding carboxylic acids is 2. The van der Waals surface area contributed by atoms with Crippen LogP contribution in [-0.2, 0) is 19.1 Å². The first-order valence-corrected chi connectivity index (χ1v) is 4.53. The summed E-state index contributed by atoms with van der Waals surface area (Å²) in [7, 11) is 0. The normalized spacial score (nSPS) is 26.1. The number of carbonyl (C=O) groups is 2. The zero-order valence-electron chi connectivity index (χ0n) is 7.75. The summed E-state index contributed by atoms with van der Waals surface area (Å²) in [5.41, 5.74) is 0. The van der Waals surface area contributed by atoms with Crippen LogP contribution >= 0.6 is 0 Å². The average Bonchev–Trinajstić information content (AvgIpc) is 2.08. The second kappa shape index (κ2) is 4.84. The maximum Gasteiger partial charge on any atom is 0.306 e. The minimum atomic E-state index is -0.314. The molecule has 0 aromatic heterocycles. The maximum absolute atomic E-state index is 11.0. The van der Waals surface area contributed by atoms with Crippen LogP contribution in [0, 0.1) is 0 Å². The Morgan fingerprint density at radius 2 is 1.92 bits per heavy atom. The molecule has 0 aromatic carbocycles. The van der Waals surface area contributed by atoms with Crippen LogP contribution in [0.2, 0.25) is 0 Å². The van der Waals surface area contributed by atoms with Crippen LogP contribution in [0.25, 0.3) is 0 Å². The first-order chi connectivity index (χ1) is 6.18. The summed E-state index contributed by atoms with van der Waals surface area (Å²) in [6, 6.07) is 0. The van der Waals surface area contributed by atoms with Gasteiger partial charge >= 0.3 is 11.9 Å². The number of hydrogen-bond donors (Lipinski definition) is 0. The van der Waals surface area contributed by atoms with Crippen LogP contribution in [0.4, 0.5) is 0 Å². The highest BCUT2D eigenvalue weighted by molar-refractivity contribution is 5.77. The van der Waals surface area contributed by atoms with Crippen molar-refractivity contribution < 1.29 is 19.1 Å². The van der Waals surface area contributed by atoms with Gasteiger partial charge in [-0.25, -0.2) is 0 Å². The van der Waals surface area contributed by atoms with Crippen molar-refractivity contribution in [3.8, 4) is 0 Å². The molecule has 0 amide bonds. The van der Waals surface area contributed by atoms with Crippen LogP contribution in [-0.4, -0.2) is 24.6 Å². The molecule has 74 valence electrons. The molecule has 0 radical (unpaired) electrons. The van der Waals surface area contributed by atoms with Gasteiger partial charge in [-0.15, -0.1) is 0 Å². The smallest absolute Gasteiger partial charge is 0.306 e. The molecule has 1 heterocycles. The lowest BCUT2D eigenvalue weighted by molar-refractivity contribution is -0.155. The largest absolute Gasteiger partial charge is 0.466 e. The van der Waals surface area contributed by atoms with Crippen molar-refractivity contribution >= 4 is 11.9 Å². The molecule has 0 bridgehead atoms. The second-order valence-electron chi connectivity index (χ2n) is 3.16. The Balaban J connectivity index is 2.41. The molecule has 13 heavy (non-hydrogen) atoms. The van der Waals surface area contributed by atoms with E-state index in [0.29, 0.717) is 6.61 Å². The van der Waals surface area contributed by atoms with Gasteiger partial charge < -0.3 is 9.47 Å². The standard InChI is InChI=1S/C9H14O4/c1-7-3-2-6-12-8(10)4-5-9(11)13-7/h7H,2-6H2,1H3. The van der Waals surface area contributed by atoms with Gasteiger partial charge in [0.25, 0.3) is 0 Å². The van der Waals surface area contributed by atoms with Gasteiger partial charge in [-0.2, -0.15) is 0 Å². The van der Waals surface area contributed by atoms with E-state index in [1.807, 2.05) is 6.92 Å². The average molecular weight is 186 g/mol. The monoisotopic (exact) mass is 186 g/mol. The van der Waals surface area contributed by atoms with E-state index in [1.54, 1.807) is 0 Å². The highest BCUT2D eigenvalue weighted by atomic mass is 16.5. The predicted molar refractivity (Wildman–Crippen MR) is 45.0 cm³/mol. The van der Waals surface area contributed by atoms with Crippen molar-refractivity contribution in [2.75, 3.05) is 6.61 Å². The highest BCUT2D eigenvalue weighted by Gasteiger charge is 2.14. The summed E-state index contributed by atoms with van der Waals surface area (Å²) in [5, 5.41) is 0. The quantitative estimate of drug-likeness (QED) is 0.530. The second-order valence-corrected chi connectivity index (χ2v) is 3.16. The van der Waals surface area contributed by atoms with E-state index in [0.717, 1.165) is 12.8 Å². The van der Waals surface area contributed by atoms with E-state index in [2.05, 4.69) is 0 Å². The molecule has 0 saturated carbocycles. The number of hydrogen-bond acceptors (Lipinski definition) is 4. The predicted octanol–water partition coefficient (Wildman–Crippen LogP) is 1.04.